The summed E-state index contributed by atoms with van der Waals surface area (Å²) in [5, 5.41) is 6.53. The minimum Gasteiger partial charge on any atom is -0.384 e. The Hall–Kier alpha value is -1.51. The Morgan fingerprint density at radius 3 is 2.78 bits per heavy atom. The lowest BCUT2D eigenvalue weighted by molar-refractivity contribution is -0.123. The molecule has 1 amide bonds. The van der Waals surface area contributed by atoms with Crippen molar-refractivity contribution in [2.75, 3.05) is 11.9 Å². The molecule has 1 aromatic rings. The van der Waals surface area contributed by atoms with Gasteiger partial charge in [-0.15, -0.1) is 0 Å². The number of hydrogen-bond acceptors (Lipinski definition) is 2. The first-order chi connectivity index (χ1) is 8.84. The van der Waals surface area contributed by atoms with E-state index in [0.29, 0.717) is 6.04 Å². The summed E-state index contributed by atoms with van der Waals surface area (Å²) in [4.78, 5) is 12.3. The molecule has 0 radical (unpaired) electrons. The predicted molar refractivity (Wildman–Crippen MR) is 72.7 cm³/mol. The fourth-order valence-electron chi connectivity index (χ4n) is 3.07. The van der Waals surface area contributed by atoms with Crippen LogP contribution >= 0.6 is 0 Å². The number of hydrogen-bond donors (Lipinski definition) is 2. The monoisotopic (exact) mass is 244 g/mol. The molecule has 3 rings (SSSR count). The lowest BCUT2D eigenvalue weighted by Gasteiger charge is -2.24. The molecule has 2 aliphatic rings. The van der Waals surface area contributed by atoms with Gasteiger partial charge in [0.1, 0.15) is 0 Å². The molecule has 1 heterocycles. The molecule has 1 aromatic carbocycles. The van der Waals surface area contributed by atoms with E-state index in [1.54, 1.807) is 0 Å². The van der Waals surface area contributed by atoms with Crippen LogP contribution in [0, 0.1) is 0 Å². The zero-order chi connectivity index (χ0) is 12.4. The van der Waals surface area contributed by atoms with Gasteiger partial charge in [-0.05, 0) is 24.5 Å². The summed E-state index contributed by atoms with van der Waals surface area (Å²) in [6.45, 7) is 0.734. The Morgan fingerprint density at radius 2 is 1.94 bits per heavy atom. The number of rotatable bonds is 2. The summed E-state index contributed by atoms with van der Waals surface area (Å²) in [6, 6.07) is 8.52. The van der Waals surface area contributed by atoms with Crippen molar-refractivity contribution >= 4 is 11.6 Å². The van der Waals surface area contributed by atoms with Crippen LogP contribution in [0.4, 0.5) is 5.69 Å². The summed E-state index contributed by atoms with van der Waals surface area (Å²) >= 11 is 0. The van der Waals surface area contributed by atoms with E-state index in [0.717, 1.165) is 30.6 Å². The highest BCUT2D eigenvalue weighted by atomic mass is 16.2. The molecule has 1 saturated carbocycles. The van der Waals surface area contributed by atoms with Crippen molar-refractivity contribution in [2.24, 2.45) is 0 Å². The highest BCUT2D eigenvalue weighted by Gasteiger charge is 2.29. The molecular formula is C15H20N2O. The van der Waals surface area contributed by atoms with Crippen LogP contribution in [0.2, 0.25) is 0 Å². The first kappa shape index (κ1) is 11.6. The van der Waals surface area contributed by atoms with E-state index in [2.05, 4.69) is 16.7 Å². The quantitative estimate of drug-likeness (QED) is 0.839. The summed E-state index contributed by atoms with van der Waals surface area (Å²) in [6.07, 6.45) is 6.12. The van der Waals surface area contributed by atoms with Crippen LogP contribution in [0.3, 0.4) is 0 Å². The Bertz CT molecular complexity index is 438. The number of para-hydroxylation sites is 1. The number of benzene rings is 1. The Balaban J connectivity index is 1.67. The normalized spacial score (nSPS) is 23.2. The average molecular weight is 244 g/mol. The lowest BCUT2D eigenvalue weighted by Crippen LogP contribution is -2.39. The number of carbonyl (C=O) groups excluding carboxylic acids is 1. The molecule has 0 spiro atoms. The van der Waals surface area contributed by atoms with E-state index in [1.165, 1.54) is 19.3 Å². The molecule has 1 aliphatic heterocycles. The topological polar surface area (TPSA) is 41.1 Å². The maximum absolute atomic E-state index is 12.3. The van der Waals surface area contributed by atoms with Gasteiger partial charge in [-0.3, -0.25) is 4.79 Å². The molecule has 0 aromatic heterocycles. The largest absolute Gasteiger partial charge is 0.384 e. The van der Waals surface area contributed by atoms with Gasteiger partial charge in [-0.1, -0.05) is 37.5 Å². The van der Waals surface area contributed by atoms with E-state index in [1.807, 2.05) is 18.2 Å². The van der Waals surface area contributed by atoms with Gasteiger partial charge in [0.05, 0.1) is 5.92 Å². The van der Waals surface area contributed by atoms with E-state index < -0.39 is 0 Å². The highest BCUT2D eigenvalue weighted by molar-refractivity contribution is 5.88. The smallest absolute Gasteiger partial charge is 0.229 e. The molecule has 3 heteroatoms. The summed E-state index contributed by atoms with van der Waals surface area (Å²) in [5.74, 6) is 0.183. The molecule has 3 nitrogen and oxygen atoms in total. The number of carbonyl (C=O) groups is 1. The number of anilines is 1. The van der Waals surface area contributed by atoms with Crippen LogP contribution in [0.5, 0.6) is 0 Å². The van der Waals surface area contributed by atoms with Crippen molar-refractivity contribution in [3.8, 4) is 0 Å². The molecule has 0 saturated heterocycles. The molecule has 1 unspecified atom stereocenters. The molecule has 2 N–H and O–H groups in total. The molecule has 1 aliphatic carbocycles. The van der Waals surface area contributed by atoms with Gasteiger partial charge < -0.3 is 10.6 Å². The average Bonchev–Trinajstić information content (AvgIpc) is 2.84. The van der Waals surface area contributed by atoms with Gasteiger partial charge in [0.2, 0.25) is 5.91 Å². The van der Waals surface area contributed by atoms with Crippen LogP contribution in [-0.4, -0.2) is 18.5 Å². The third-order valence-electron chi connectivity index (χ3n) is 4.10. The van der Waals surface area contributed by atoms with E-state index in [-0.39, 0.29) is 11.8 Å². The van der Waals surface area contributed by atoms with E-state index >= 15 is 0 Å². The second kappa shape index (κ2) is 5.01. The number of nitrogens with one attached hydrogen (secondary N) is 2. The molecular weight excluding hydrogens is 224 g/mol. The lowest BCUT2D eigenvalue weighted by atomic mass is 9.94. The van der Waals surface area contributed by atoms with Gasteiger partial charge >= 0.3 is 0 Å². The van der Waals surface area contributed by atoms with Crippen molar-refractivity contribution in [3.63, 3.8) is 0 Å². The van der Waals surface area contributed by atoms with E-state index in [4.69, 9.17) is 0 Å². The molecule has 18 heavy (non-hydrogen) atoms. The third kappa shape index (κ3) is 2.22. The fourth-order valence-corrected chi connectivity index (χ4v) is 3.07. The standard InChI is InChI=1S/C15H20N2O/c18-15(17-11-6-2-1-3-7-11)13-10-16-14-9-5-4-8-12(13)14/h4-5,8-9,11,13,16H,1-3,6-7,10H2,(H,17,18). The number of fused-ring (bicyclic) bond motifs is 1. The first-order valence-corrected chi connectivity index (χ1v) is 6.98. The molecule has 1 atom stereocenters. The van der Waals surface area contributed by atoms with Crippen molar-refractivity contribution < 1.29 is 4.79 Å². The van der Waals surface area contributed by atoms with Gasteiger partial charge in [-0.25, -0.2) is 0 Å². The van der Waals surface area contributed by atoms with Gasteiger partial charge in [0.15, 0.2) is 0 Å². The summed E-state index contributed by atoms with van der Waals surface area (Å²) in [5.41, 5.74) is 2.26. The predicted octanol–water partition coefficient (Wildman–Crippen LogP) is 2.64. The minimum atomic E-state index is -0.0110. The summed E-state index contributed by atoms with van der Waals surface area (Å²) in [7, 11) is 0. The zero-order valence-corrected chi connectivity index (χ0v) is 10.6. The van der Waals surface area contributed by atoms with Crippen LogP contribution in [-0.2, 0) is 4.79 Å². The Morgan fingerprint density at radius 1 is 1.17 bits per heavy atom. The zero-order valence-electron chi connectivity index (χ0n) is 10.6. The minimum absolute atomic E-state index is 0.0110. The Kier molecular flexibility index (Phi) is 3.22. The molecule has 0 bridgehead atoms. The molecule has 1 fully saturated rings. The van der Waals surface area contributed by atoms with Crippen molar-refractivity contribution in [1.29, 1.82) is 0 Å². The van der Waals surface area contributed by atoms with Crippen LogP contribution < -0.4 is 10.6 Å². The summed E-state index contributed by atoms with van der Waals surface area (Å²) < 4.78 is 0. The van der Waals surface area contributed by atoms with Gasteiger partial charge in [0, 0.05) is 18.3 Å². The maximum Gasteiger partial charge on any atom is 0.229 e. The van der Waals surface area contributed by atoms with Crippen molar-refractivity contribution in [3.05, 3.63) is 29.8 Å². The first-order valence-electron chi connectivity index (χ1n) is 6.98. The second-order valence-corrected chi connectivity index (χ2v) is 5.36. The highest BCUT2D eigenvalue weighted by Crippen LogP contribution is 2.31. The molecule has 96 valence electrons. The second-order valence-electron chi connectivity index (χ2n) is 5.36. The maximum atomic E-state index is 12.3. The van der Waals surface area contributed by atoms with Crippen LogP contribution in [0.1, 0.15) is 43.6 Å². The third-order valence-corrected chi connectivity index (χ3v) is 4.10. The van der Waals surface area contributed by atoms with Crippen LogP contribution in [0.25, 0.3) is 0 Å². The van der Waals surface area contributed by atoms with Crippen LogP contribution in [0.15, 0.2) is 24.3 Å². The van der Waals surface area contributed by atoms with Gasteiger partial charge in [0.25, 0.3) is 0 Å². The van der Waals surface area contributed by atoms with Crippen molar-refractivity contribution in [1.82, 2.24) is 5.32 Å². The van der Waals surface area contributed by atoms with Crippen molar-refractivity contribution in [2.45, 2.75) is 44.1 Å². The van der Waals surface area contributed by atoms with Gasteiger partial charge in [-0.2, -0.15) is 0 Å². The SMILES string of the molecule is O=C(NC1CCCCC1)C1CNc2ccccc21. The van der Waals surface area contributed by atoms with E-state index in [9.17, 15) is 4.79 Å². The number of amides is 1. The Labute approximate surface area is 108 Å². The fraction of sp³-hybridized carbons (Fsp3) is 0.533.